The van der Waals surface area contributed by atoms with Crippen molar-refractivity contribution in [2.24, 2.45) is 5.10 Å². The number of likely N-dealkylation sites (tertiary alicyclic amines) is 1. The lowest BCUT2D eigenvalue weighted by Gasteiger charge is -2.35. The number of halogens is 3. The van der Waals surface area contributed by atoms with Gasteiger partial charge in [0.2, 0.25) is 0 Å². The van der Waals surface area contributed by atoms with Gasteiger partial charge in [0.15, 0.2) is 5.82 Å². The van der Waals surface area contributed by atoms with Crippen molar-refractivity contribution in [1.29, 1.82) is 0 Å². The zero-order valence-corrected chi connectivity index (χ0v) is 18.5. The molecule has 0 N–H and O–H groups in total. The minimum absolute atomic E-state index is 0.260. The Morgan fingerprint density at radius 2 is 1.79 bits per heavy atom. The number of aryl methyl sites for hydroxylation is 1. The van der Waals surface area contributed by atoms with Gasteiger partial charge in [-0.25, -0.2) is 0 Å². The number of alkyl halides is 3. The Balaban J connectivity index is 1.29. The number of amidine groups is 1. The van der Waals surface area contributed by atoms with Crippen LogP contribution in [0.2, 0.25) is 0 Å². The maximum Gasteiger partial charge on any atom is 0.453 e. The Kier molecular flexibility index (Phi) is 7.21. The largest absolute Gasteiger partial charge is 0.494 e. The van der Waals surface area contributed by atoms with Gasteiger partial charge in [-0.1, -0.05) is 12.1 Å². The highest BCUT2D eigenvalue weighted by molar-refractivity contribution is 5.83. The van der Waals surface area contributed by atoms with Crippen LogP contribution in [0.15, 0.2) is 29.4 Å². The number of rotatable bonds is 7. The van der Waals surface area contributed by atoms with Gasteiger partial charge in [0.1, 0.15) is 11.6 Å². The average Bonchev–Trinajstić information content (AvgIpc) is 3.26. The molecule has 0 aliphatic carbocycles. The molecule has 1 fully saturated rings. The Morgan fingerprint density at radius 3 is 2.48 bits per heavy atom. The number of aromatic nitrogens is 3. The summed E-state index contributed by atoms with van der Waals surface area (Å²) in [7, 11) is 0. The number of unbranched alkanes of at least 4 members (excludes halogenated alkanes) is 3. The first-order chi connectivity index (χ1) is 16.0. The molecule has 33 heavy (non-hydrogen) atoms. The Labute approximate surface area is 191 Å². The van der Waals surface area contributed by atoms with Gasteiger partial charge >= 0.3 is 6.18 Å². The first kappa shape index (κ1) is 23.1. The molecular formula is C24H28F3N5O. The number of fused-ring (bicyclic) bond motifs is 1. The topological polar surface area (TPSA) is 55.5 Å². The molecule has 0 spiro atoms. The maximum absolute atomic E-state index is 13.2. The van der Waals surface area contributed by atoms with Crippen LogP contribution in [0.5, 0.6) is 5.75 Å². The van der Waals surface area contributed by atoms with Crippen LogP contribution in [-0.2, 0) is 12.6 Å². The minimum Gasteiger partial charge on any atom is -0.494 e. The summed E-state index contributed by atoms with van der Waals surface area (Å²) in [4.78, 5) is 2.09. The molecule has 0 amide bonds. The quantitative estimate of drug-likeness (QED) is 0.439. The molecule has 0 saturated carbocycles. The van der Waals surface area contributed by atoms with Crippen molar-refractivity contribution >= 4 is 5.84 Å². The molecule has 0 unspecified atom stereocenters. The first-order valence-corrected chi connectivity index (χ1v) is 11.5. The molecule has 3 heterocycles. The molecule has 6 nitrogen and oxygen atoms in total. The molecule has 1 aromatic heterocycles. The van der Waals surface area contributed by atoms with E-state index in [0.29, 0.717) is 31.2 Å². The summed E-state index contributed by atoms with van der Waals surface area (Å²) in [5.41, 5.74) is 1.27. The van der Waals surface area contributed by atoms with Gasteiger partial charge in [0, 0.05) is 32.4 Å². The summed E-state index contributed by atoms with van der Waals surface area (Å²) in [6.45, 7) is 2.21. The monoisotopic (exact) mass is 459 g/mol. The van der Waals surface area contributed by atoms with Crippen LogP contribution in [0.4, 0.5) is 13.2 Å². The Morgan fingerprint density at radius 1 is 1.03 bits per heavy atom. The van der Waals surface area contributed by atoms with Crippen LogP contribution in [0.25, 0.3) is 0 Å². The molecule has 2 aromatic rings. The number of hydrogen-bond acceptors (Lipinski definition) is 5. The van der Waals surface area contributed by atoms with Crippen LogP contribution in [0.3, 0.4) is 0 Å². The molecule has 0 atom stereocenters. The van der Waals surface area contributed by atoms with Gasteiger partial charge in [-0.2, -0.15) is 22.9 Å². The molecule has 2 aliphatic heterocycles. The fourth-order valence-corrected chi connectivity index (χ4v) is 4.36. The molecule has 9 heteroatoms. The molecule has 1 saturated heterocycles. The SMILES string of the molecule is C#CCCCCCOc1ccc(C2CCN(C3=Nn4c(nnc4C(F)(F)F)CC3)CC2)cc1. The fourth-order valence-electron chi connectivity index (χ4n) is 4.36. The van der Waals surface area contributed by atoms with E-state index in [1.165, 1.54) is 5.56 Å². The van der Waals surface area contributed by atoms with Crippen LogP contribution in [-0.4, -0.2) is 45.3 Å². The molecule has 0 bridgehead atoms. The van der Waals surface area contributed by atoms with E-state index >= 15 is 0 Å². The van der Waals surface area contributed by atoms with Crippen LogP contribution in [0.1, 0.15) is 68.1 Å². The van der Waals surface area contributed by atoms with Gasteiger partial charge in [-0.15, -0.1) is 22.5 Å². The highest BCUT2D eigenvalue weighted by Gasteiger charge is 2.40. The highest BCUT2D eigenvalue weighted by Crippen LogP contribution is 2.32. The third kappa shape index (κ3) is 5.67. The van der Waals surface area contributed by atoms with Crippen molar-refractivity contribution in [2.45, 2.75) is 63.5 Å². The van der Waals surface area contributed by atoms with Crippen molar-refractivity contribution in [3.05, 3.63) is 41.5 Å². The Hall–Kier alpha value is -3.02. The van der Waals surface area contributed by atoms with Gasteiger partial charge in [-0.3, -0.25) is 0 Å². The van der Waals surface area contributed by atoms with Crippen LogP contribution >= 0.6 is 0 Å². The summed E-state index contributed by atoms with van der Waals surface area (Å²) in [5.74, 6) is 3.82. The zero-order chi connectivity index (χ0) is 23.3. The fraction of sp³-hybridized carbons (Fsp3) is 0.542. The van der Waals surface area contributed by atoms with Crippen molar-refractivity contribution in [3.63, 3.8) is 0 Å². The maximum atomic E-state index is 13.2. The lowest BCUT2D eigenvalue weighted by atomic mass is 9.89. The summed E-state index contributed by atoms with van der Waals surface area (Å²) in [6, 6.07) is 8.26. The number of piperidine rings is 1. The van der Waals surface area contributed by atoms with Gasteiger partial charge in [0.25, 0.3) is 5.82 Å². The van der Waals surface area contributed by atoms with Crippen molar-refractivity contribution in [2.75, 3.05) is 19.7 Å². The smallest absolute Gasteiger partial charge is 0.453 e. The number of nitrogens with zero attached hydrogens (tertiary/aromatic N) is 5. The lowest BCUT2D eigenvalue weighted by molar-refractivity contribution is -0.147. The van der Waals surface area contributed by atoms with E-state index in [4.69, 9.17) is 11.2 Å². The normalized spacial score (nSPS) is 16.8. The van der Waals surface area contributed by atoms with Gasteiger partial charge in [-0.05, 0) is 55.7 Å². The van der Waals surface area contributed by atoms with E-state index < -0.39 is 12.0 Å². The number of hydrogen-bond donors (Lipinski definition) is 0. The van der Waals surface area contributed by atoms with E-state index in [1.54, 1.807) is 0 Å². The summed E-state index contributed by atoms with van der Waals surface area (Å²) >= 11 is 0. The molecule has 0 radical (unpaired) electrons. The Bertz CT molecular complexity index is 999. The first-order valence-electron chi connectivity index (χ1n) is 11.5. The van der Waals surface area contributed by atoms with E-state index in [0.717, 1.165) is 62.0 Å². The van der Waals surface area contributed by atoms with Crippen LogP contribution < -0.4 is 4.74 Å². The van der Waals surface area contributed by atoms with E-state index in [2.05, 4.69) is 38.3 Å². The van der Waals surface area contributed by atoms with Crippen molar-refractivity contribution < 1.29 is 17.9 Å². The summed E-state index contributed by atoms with van der Waals surface area (Å²) in [6.07, 6.45) is 7.45. The molecule has 4 rings (SSSR count). The third-order valence-corrected chi connectivity index (χ3v) is 6.19. The number of benzene rings is 1. The zero-order valence-electron chi connectivity index (χ0n) is 18.5. The average molecular weight is 460 g/mol. The second kappa shape index (κ2) is 10.3. The standard InChI is InChI=1S/C24H28F3N5O/c1-2-3-4-5-6-17-33-20-9-7-18(8-10-20)19-13-15-31(16-14-19)22-12-11-21-28-29-23(24(25,26)27)32(21)30-22/h1,7-10,19H,3-6,11-17H2. The predicted octanol–water partition coefficient (Wildman–Crippen LogP) is 4.86. The number of terminal acetylenes is 1. The molecular weight excluding hydrogens is 431 g/mol. The van der Waals surface area contributed by atoms with Crippen molar-refractivity contribution in [3.8, 4) is 18.1 Å². The van der Waals surface area contributed by atoms with Gasteiger partial charge < -0.3 is 9.64 Å². The molecule has 1 aromatic carbocycles. The molecule has 176 valence electrons. The van der Waals surface area contributed by atoms with Crippen LogP contribution in [0, 0.1) is 12.3 Å². The van der Waals surface area contributed by atoms with E-state index in [9.17, 15) is 13.2 Å². The second-order valence-corrected chi connectivity index (χ2v) is 8.46. The number of ether oxygens (including phenoxy) is 1. The third-order valence-electron chi connectivity index (χ3n) is 6.19. The lowest BCUT2D eigenvalue weighted by Crippen LogP contribution is -2.40. The van der Waals surface area contributed by atoms with Gasteiger partial charge in [0.05, 0.1) is 6.61 Å². The minimum atomic E-state index is -4.57. The predicted molar refractivity (Wildman–Crippen MR) is 119 cm³/mol. The highest BCUT2D eigenvalue weighted by atomic mass is 19.4. The van der Waals surface area contributed by atoms with Crippen molar-refractivity contribution in [1.82, 2.24) is 19.8 Å². The second-order valence-electron chi connectivity index (χ2n) is 8.46. The summed E-state index contributed by atoms with van der Waals surface area (Å²) in [5, 5.41) is 11.2. The van der Waals surface area contributed by atoms with E-state index in [1.807, 2.05) is 12.1 Å². The summed E-state index contributed by atoms with van der Waals surface area (Å²) < 4.78 is 46.1. The van der Waals surface area contributed by atoms with E-state index in [-0.39, 0.29) is 5.82 Å². The molecule has 2 aliphatic rings.